The van der Waals surface area contributed by atoms with Crippen molar-refractivity contribution in [3.63, 3.8) is 0 Å². The Morgan fingerprint density at radius 2 is 2.05 bits per heavy atom. The van der Waals surface area contributed by atoms with Crippen molar-refractivity contribution in [1.82, 2.24) is 10.0 Å². The van der Waals surface area contributed by atoms with E-state index >= 15 is 0 Å². The highest BCUT2D eigenvalue weighted by Gasteiger charge is 2.18. The van der Waals surface area contributed by atoms with Gasteiger partial charge < -0.3 is 10.1 Å². The molecule has 0 aromatic heterocycles. The number of carbonyl (C=O) groups excluding carboxylic acids is 1. The van der Waals surface area contributed by atoms with E-state index in [0.29, 0.717) is 5.56 Å². The van der Waals surface area contributed by atoms with Crippen molar-refractivity contribution in [2.24, 2.45) is 0 Å². The van der Waals surface area contributed by atoms with Gasteiger partial charge in [0.2, 0.25) is 10.0 Å². The number of amides is 1. The number of nitrogens with one attached hydrogen (secondary N) is 2. The molecular weight excluding hydrogens is 304 g/mol. The maximum Gasteiger partial charge on any atom is 0.251 e. The molecule has 0 saturated carbocycles. The molecule has 22 heavy (non-hydrogen) atoms. The monoisotopic (exact) mass is 328 g/mol. The Balaban J connectivity index is 3.01. The van der Waals surface area contributed by atoms with Crippen molar-refractivity contribution in [2.75, 3.05) is 20.3 Å². The van der Waals surface area contributed by atoms with Gasteiger partial charge in [-0.15, -0.1) is 0 Å². The Bertz CT molecular complexity index is 614. The predicted octanol–water partition coefficient (Wildman–Crippen LogP) is 1.45. The summed E-state index contributed by atoms with van der Waals surface area (Å²) in [4.78, 5) is 12.3. The van der Waals surface area contributed by atoms with E-state index in [1.165, 1.54) is 19.2 Å². The summed E-state index contributed by atoms with van der Waals surface area (Å²) in [6.07, 6.45) is 0.807. The van der Waals surface area contributed by atoms with Crippen LogP contribution < -0.4 is 10.0 Å². The summed E-state index contributed by atoms with van der Waals surface area (Å²) >= 11 is 0. The smallest absolute Gasteiger partial charge is 0.251 e. The summed E-state index contributed by atoms with van der Waals surface area (Å²) in [7, 11) is -2.15. The molecule has 2 N–H and O–H groups in total. The summed E-state index contributed by atoms with van der Waals surface area (Å²) in [6.45, 7) is 6.12. The molecule has 1 amide bonds. The molecule has 0 radical (unpaired) electrons. The van der Waals surface area contributed by atoms with Gasteiger partial charge in [0.05, 0.1) is 11.5 Å². The van der Waals surface area contributed by atoms with Gasteiger partial charge >= 0.3 is 0 Å². The minimum absolute atomic E-state index is 0.0343. The van der Waals surface area contributed by atoms with Crippen LogP contribution in [0.2, 0.25) is 0 Å². The standard InChI is InChI=1S/C15H24N2O4S/c1-5-12(3)17-15(18)14-10-13(7-6-11(14)2)22(19,20)16-8-9-21-4/h6-7,10,12,16H,5,8-9H2,1-4H3,(H,17,18)/t12-/m1/s1. The van der Waals surface area contributed by atoms with Crippen molar-refractivity contribution < 1.29 is 17.9 Å². The van der Waals surface area contributed by atoms with Crippen LogP contribution in [0.4, 0.5) is 0 Å². The molecule has 1 aromatic rings. The first-order chi connectivity index (χ1) is 10.3. The lowest BCUT2D eigenvalue weighted by Gasteiger charge is -2.14. The van der Waals surface area contributed by atoms with Crippen molar-refractivity contribution in [2.45, 2.75) is 38.1 Å². The zero-order valence-corrected chi connectivity index (χ0v) is 14.3. The van der Waals surface area contributed by atoms with Gasteiger partial charge in [0.15, 0.2) is 0 Å². The number of methoxy groups -OCH3 is 1. The van der Waals surface area contributed by atoms with Gasteiger partial charge in [0, 0.05) is 25.3 Å². The van der Waals surface area contributed by atoms with E-state index in [-0.39, 0.29) is 30.0 Å². The Morgan fingerprint density at radius 3 is 2.64 bits per heavy atom. The van der Waals surface area contributed by atoms with Crippen molar-refractivity contribution in [1.29, 1.82) is 0 Å². The van der Waals surface area contributed by atoms with E-state index in [0.717, 1.165) is 12.0 Å². The molecule has 0 fully saturated rings. The second kappa shape index (κ2) is 8.26. The molecule has 0 aliphatic rings. The Hall–Kier alpha value is -1.44. The fourth-order valence-corrected chi connectivity index (χ4v) is 2.82. The van der Waals surface area contributed by atoms with Crippen LogP contribution >= 0.6 is 0 Å². The summed E-state index contributed by atoms with van der Waals surface area (Å²) in [5, 5.41) is 2.84. The molecule has 124 valence electrons. The molecule has 0 saturated heterocycles. The van der Waals surface area contributed by atoms with E-state index in [9.17, 15) is 13.2 Å². The topological polar surface area (TPSA) is 84.5 Å². The number of rotatable bonds is 8. The molecule has 7 heteroatoms. The molecule has 0 bridgehead atoms. The SMILES string of the molecule is CC[C@@H](C)NC(=O)c1cc(S(=O)(=O)NCCOC)ccc1C. The number of hydrogen-bond donors (Lipinski definition) is 2. The lowest BCUT2D eigenvalue weighted by Crippen LogP contribution is -2.33. The van der Waals surface area contributed by atoms with Crippen LogP contribution in [0.25, 0.3) is 0 Å². The molecule has 0 unspecified atom stereocenters. The summed E-state index contributed by atoms with van der Waals surface area (Å²) in [6, 6.07) is 4.57. The van der Waals surface area contributed by atoms with Crippen LogP contribution in [0.3, 0.4) is 0 Å². The van der Waals surface area contributed by atoms with Gasteiger partial charge in [-0.2, -0.15) is 0 Å². The molecule has 0 spiro atoms. The first-order valence-electron chi connectivity index (χ1n) is 7.22. The number of aryl methyl sites for hydroxylation is 1. The van der Waals surface area contributed by atoms with Gasteiger partial charge in [0.25, 0.3) is 5.91 Å². The molecule has 0 aliphatic heterocycles. The summed E-state index contributed by atoms with van der Waals surface area (Å²) in [5.41, 5.74) is 1.10. The quantitative estimate of drug-likeness (QED) is 0.707. The average Bonchev–Trinajstić information content (AvgIpc) is 2.47. The molecular formula is C15H24N2O4S. The molecule has 6 nitrogen and oxygen atoms in total. The maximum absolute atomic E-state index is 12.2. The van der Waals surface area contributed by atoms with Crippen LogP contribution in [0, 0.1) is 6.92 Å². The van der Waals surface area contributed by atoms with Gasteiger partial charge in [0.1, 0.15) is 0 Å². The highest BCUT2D eigenvalue weighted by Crippen LogP contribution is 2.16. The Kier molecular flexibility index (Phi) is 6.99. The molecule has 1 aromatic carbocycles. The third-order valence-electron chi connectivity index (χ3n) is 3.35. The van der Waals surface area contributed by atoms with E-state index < -0.39 is 10.0 Å². The summed E-state index contributed by atoms with van der Waals surface area (Å²) in [5.74, 6) is -0.263. The van der Waals surface area contributed by atoms with Crippen molar-refractivity contribution >= 4 is 15.9 Å². The van der Waals surface area contributed by atoms with Gasteiger partial charge in [-0.1, -0.05) is 13.0 Å². The van der Waals surface area contributed by atoms with E-state index in [2.05, 4.69) is 10.0 Å². The predicted molar refractivity (Wildman–Crippen MR) is 85.5 cm³/mol. The lowest BCUT2D eigenvalue weighted by molar-refractivity contribution is 0.0938. The van der Waals surface area contributed by atoms with Crippen LogP contribution in [-0.4, -0.2) is 40.6 Å². The molecule has 1 atom stereocenters. The summed E-state index contributed by atoms with van der Waals surface area (Å²) < 4.78 is 31.6. The van der Waals surface area contributed by atoms with Gasteiger partial charge in [-0.3, -0.25) is 4.79 Å². The fourth-order valence-electron chi connectivity index (χ4n) is 1.78. The highest BCUT2D eigenvalue weighted by molar-refractivity contribution is 7.89. The second-order valence-electron chi connectivity index (χ2n) is 5.15. The van der Waals surface area contributed by atoms with E-state index in [4.69, 9.17) is 4.74 Å². The molecule has 0 aliphatic carbocycles. The minimum Gasteiger partial charge on any atom is -0.383 e. The average molecular weight is 328 g/mol. The Labute approximate surface area is 132 Å². The lowest BCUT2D eigenvalue weighted by atomic mass is 10.1. The minimum atomic E-state index is -3.65. The largest absolute Gasteiger partial charge is 0.383 e. The van der Waals surface area contributed by atoms with Crippen molar-refractivity contribution in [3.8, 4) is 0 Å². The number of hydrogen-bond acceptors (Lipinski definition) is 4. The zero-order chi connectivity index (χ0) is 16.8. The first kappa shape index (κ1) is 18.6. The fraction of sp³-hybridized carbons (Fsp3) is 0.533. The molecule has 1 rings (SSSR count). The van der Waals surface area contributed by atoms with Gasteiger partial charge in [-0.05, 0) is 38.0 Å². The third kappa shape index (κ3) is 5.08. The number of ether oxygens (including phenoxy) is 1. The molecule has 0 heterocycles. The number of carbonyl (C=O) groups is 1. The number of sulfonamides is 1. The first-order valence-corrected chi connectivity index (χ1v) is 8.70. The van der Waals surface area contributed by atoms with Gasteiger partial charge in [-0.25, -0.2) is 13.1 Å². The van der Waals surface area contributed by atoms with Crippen LogP contribution in [0.15, 0.2) is 23.1 Å². The van der Waals surface area contributed by atoms with Crippen LogP contribution in [0.1, 0.15) is 36.2 Å². The van der Waals surface area contributed by atoms with E-state index in [1.54, 1.807) is 13.0 Å². The zero-order valence-electron chi connectivity index (χ0n) is 13.5. The second-order valence-corrected chi connectivity index (χ2v) is 6.92. The van der Waals surface area contributed by atoms with E-state index in [1.807, 2.05) is 13.8 Å². The third-order valence-corrected chi connectivity index (χ3v) is 4.81. The van der Waals surface area contributed by atoms with Crippen molar-refractivity contribution in [3.05, 3.63) is 29.3 Å². The number of benzene rings is 1. The van der Waals surface area contributed by atoms with Crippen LogP contribution in [-0.2, 0) is 14.8 Å². The maximum atomic E-state index is 12.2. The van der Waals surface area contributed by atoms with Crippen LogP contribution in [0.5, 0.6) is 0 Å². The highest BCUT2D eigenvalue weighted by atomic mass is 32.2. The normalized spacial score (nSPS) is 12.9. The Morgan fingerprint density at radius 1 is 1.36 bits per heavy atom.